The van der Waals surface area contributed by atoms with Crippen LogP contribution in [0.1, 0.15) is 10.6 Å². The number of hydrogen-bond acceptors (Lipinski definition) is 2. The van der Waals surface area contributed by atoms with Crippen molar-refractivity contribution >= 4 is 27.3 Å². The fourth-order valence-corrected chi connectivity index (χ4v) is 2.09. The molecule has 2 aromatic rings. The van der Waals surface area contributed by atoms with E-state index < -0.39 is 0 Å². The third kappa shape index (κ3) is 1.59. The Morgan fingerprint density at radius 3 is 3.08 bits per heavy atom. The molecule has 0 aromatic carbocycles. The third-order valence-corrected chi connectivity index (χ3v) is 3.16. The highest BCUT2D eigenvalue weighted by atomic mass is 79.9. The minimum Gasteiger partial charge on any atom is -0.347 e. The SMILES string of the molecule is Brc1nc[nH]c1Cc1cccs1. The number of H-pyrrole nitrogens is 1. The Bertz CT molecular complexity index is 353. The number of nitrogens with one attached hydrogen (secondary N) is 1. The van der Waals surface area contributed by atoms with Crippen molar-refractivity contribution in [3.05, 3.63) is 39.0 Å². The van der Waals surface area contributed by atoms with Crippen LogP contribution in [-0.4, -0.2) is 9.97 Å². The molecule has 1 N–H and O–H groups in total. The van der Waals surface area contributed by atoms with Crippen LogP contribution >= 0.6 is 27.3 Å². The van der Waals surface area contributed by atoms with Crippen LogP contribution in [0, 0.1) is 0 Å². The molecule has 0 saturated carbocycles. The first-order valence-corrected chi connectivity index (χ1v) is 5.23. The lowest BCUT2D eigenvalue weighted by Gasteiger charge is -1.93. The predicted molar refractivity (Wildman–Crippen MR) is 53.4 cm³/mol. The van der Waals surface area contributed by atoms with Crippen LogP contribution in [0.2, 0.25) is 0 Å². The van der Waals surface area contributed by atoms with Gasteiger partial charge in [0.2, 0.25) is 0 Å². The molecule has 12 heavy (non-hydrogen) atoms. The molecule has 0 atom stereocenters. The summed E-state index contributed by atoms with van der Waals surface area (Å²) < 4.78 is 0.913. The zero-order chi connectivity index (χ0) is 8.39. The number of halogens is 1. The number of imidazole rings is 1. The molecule has 0 radical (unpaired) electrons. The normalized spacial score (nSPS) is 10.4. The zero-order valence-electron chi connectivity index (χ0n) is 6.25. The quantitative estimate of drug-likeness (QED) is 0.863. The fraction of sp³-hybridized carbons (Fsp3) is 0.125. The monoisotopic (exact) mass is 242 g/mol. The first-order chi connectivity index (χ1) is 5.86. The van der Waals surface area contributed by atoms with Crippen molar-refractivity contribution in [2.75, 3.05) is 0 Å². The molecule has 0 spiro atoms. The Balaban J connectivity index is 2.20. The highest BCUT2D eigenvalue weighted by Gasteiger charge is 2.03. The second kappa shape index (κ2) is 3.41. The molecule has 0 unspecified atom stereocenters. The Morgan fingerprint density at radius 2 is 2.50 bits per heavy atom. The van der Waals surface area contributed by atoms with E-state index in [-0.39, 0.29) is 0 Å². The highest BCUT2D eigenvalue weighted by molar-refractivity contribution is 9.10. The third-order valence-electron chi connectivity index (χ3n) is 1.60. The van der Waals surface area contributed by atoms with E-state index >= 15 is 0 Å². The Kier molecular flexibility index (Phi) is 2.28. The van der Waals surface area contributed by atoms with Gasteiger partial charge in [-0.25, -0.2) is 4.98 Å². The summed E-state index contributed by atoms with van der Waals surface area (Å²) in [5.41, 5.74) is 1.14. The van der Waals surface area contributed by atoms with E-state index in [4.69, 9.17) is 0 Å². The van der Waals surface area contributed by atoms with Crippen LogP contribution in [0.3, 0.4) is 0 Å². The van der Waals surface area contributed by atoms with Crippen LogP contribution < -0.4 is 0 Å². The van der Waals surface area contributed by atoms with Crippen LogP contribution in [0.25, 0.3) is 0 Å². The van der Waals surface area contributed by atoms with Gasteiger partial charge in [0.1, 0.15) is 4.60 Å². The van der Waals surface area contributed by atoms with E-state index in [0.717, 1.165) is 16.7 Å². The Hall–Kier alpha value is -0.610. The van der Waals surface area contributed by atoms with E-state index in [1.54, 1.807) is 17.7 Å². The summed E-state index contributed by atoms with van der Waals surface area (Å²) >= 11 is 5.14. The van der Waals surface area contributed by atoms with Gasteiger partial charge in [-0.05, 0) is 27.4 Å². The number of hydrogen-bond donors (Lipinski definition) is 1. The molecular formula is C8H7BrN2S. The van der Waals surface area contributed by atoms with Gasteiger partial charge < -0.3 is 4.98 Å². The van der Waals surface area contributed by atoms with Crippen molar-refractivity contribution in [1.82, 2.24) is 9.97 Å². The topological polar surface area (TPSA) is 28.7 Å². The lowest BCUT2D eigenvalue weighted by atomic mass is 10.3. The van der Waals surface area contributed by atoms with Gasteiger partial charge in [0.25, 0.3) is 0 Å². The van der Waals surface area contributed by atoms with E-state index in [1.807, 2.05) is 0 Å². The van der Waals surface area contributed by atoms with Crippen molar-refractivity contribution in [3.8, 4) is 0 Å². The number of nitrogens with zero attached hydrogens (tertiary/aromatic N) is 1. The minimum absolute atomic E-state index is 0.913. The predicted octanol–water partition coefficient (Wildman–Crippen LogP) is 2.82. The molecule has 0 aliphatic rings. The summed E-state index contributed by atoms with van der Waals surface area (Å²) in [6.07, 6.45) is 2.63. The van der Waals surface area contributed by atoms with Crippen LogP contribution in [0.15, 0.2) is 28.4 Å². The first-order valence-electron chi connectivity index (χ1n) is 3.56. The molecule has 2 heterocycles. The van der Waals surface area contributed by atoms with E-state index in [1.165, 1.54) is 4.88 Å². The molecular weight excluding hydrogens is 236 g/mol. The standard InChI is InChI=1S/C8H7BrN2S/c9-8-7(10-5-11-8)4-6-2-1-3-12-6/h1-3,5H,4H2,(H,10,11). The second-order valence-corrected chi connectivity index (χ2v) is 4.21. The van der Waals surface area contributed by atoms with Crippen molar-refractivity contribution in [2.24, 2.45) is 0 Å². The summed E-state index contributed by atoms with van der Waals surface area (Å²) in [5.74, 6) is 0. The molecule has 0 aliphatic heterocycles. The Labute approximate surface area is 82.8 Å². The maximum Gasteiger partial charge on any atom is 0.127 e. The number of aromatic amines is 1. The van der Waals surface area contributed by atoms with Crippen LogP contribution in [0.4, 0.5) is 0 Å². The van der Waals surface area contributed by atoms with Gasteiger partial charge in [-0.15, -0.1) is 11.3 Å². The van der Waals surface area contributed by atoms with Gasteiger partial charge in [-0.1, -0.05) is 6.07 Å². The largest absolute Gasteiger partial charge is 0.347 e. The molecule has 0 fully saturated rings. The molecule has 4 heteroatoms. The van der Waals surface area contributed by atoms with Gasteiger partial charge in [0.05, 0.1) is 12.0 Å². The zero-order valence-corrected chi connectivity index (χ0v) is 8.65. The molecule has 0 aliphatic carbocycles. The van der Waals surface area contributed by atoms with Gasteiger partial charge >= 0.3 is 0 Å². The molecule has 62 valence electrons. The maximum atomic E-state index is 4.06. The van der Waals surface area contributed by atoms with Gasteiger partial charge in [0.15, 0.2) is 0 Å². The lowest BCUT2D eigenvalue weighted by Crippen LogP contribution is -1.84. The summed E-state index contributed by atoms with van der Waals surface area (Å²) in [6.45, 7) is 0. The maximum absolute atomic E-state index is 4.06. The fourth-order valence-electron chi connectivity index (χ4n) is 1.02. The number of thiophene rings is 1. The minimum atomic E-state index is 0.913. The summed E-state index contributed by atoms with van der Waals surface area (Å²) in [5, 5.41) is 2.08. The summed E-state index contributed by atoms with van der Waals surface area (Å²) in [4.78, 5) is 8.50. The van der Waals surface area contributed by atoms with Crippen molar-refractivity contribution in [1.29, 1.82) is 0 Å². The van der Waals surface area contributed by atoms with Crippen molar-refractivity contribution in [3.63, 3.8) is 0 Å². The number of rotatable bonds is 2. The number of aromatic nitrogens is 2. The average molecular weight is 243 g/mol. The highest BCUT2D eigenvalue weighted by Crippen LogP contribution is 2.18. The second-order valence-electron chi connectivity index (χ2n) is 2.43. The first kappa shape index (κ1) is 8.01. The van der Waals surface area contributed by atoms with Crippen molar-refractivity contribution < 1.29 is 0 Å². The van der Waals surface area contributed by atoms with Crippen molar-refractivity contribution in [2.45, 2.75) is 6.42 Å². The molecule has 2 rings (SSSR count). The van der Waals surface area contributed by atoms with Gasteiger partial charge in [-0.2, -0.15) is 0 Å². The van der Waals surface area contributed by atoms with E-state index in [9.17, 15) is 0 Å². The lowest BCUT2D eigenvalue weighted by molar-refractivity contribution is 1.12. The molecule has 2 nitrogen and oxygen atoms in total. The molecule has 2 aromatic heterocycles. The van der Waals surface area contributed by atoms with E-state index in [0.29, 0.717) is 0 Å². The summed E-state index contributed by atoms with van der Waals surface area (Å²) in [6, 6.07) is 4.18. The van der Waals surface area contributed by atoms with Gasteiger partial charge in [0, 0.05) is 11.3 Å². The van der Waals surface area contributed by atoms with E-state index in [2.05, 4.69) is 43.4 Å². The average Bonchev–Trinajstić information content (AvgIpc) is 2.65. The van der Waals surface area contributed by atoms with Crippen LogP contribution in [-0.2, 0) is 6.42 Å². The molecule has 0 bridgehead atoms. The molecule has 0 amide bonds. The Morgan fingerprint density at radius 1 is 1.58 bits per heavy atom. The summed E-state index contributed by atoms with van der Waals surface area (Å²) in [7, 11) is 0. The van der Waals surface area contributed by atoms with Gasteiger partial charge in [-0.3, -0.25) is 0 Å². The smallest absolute Gasteiger partial charge is 0.127 e. The molecule has 0 saturated heterocycles. The van der Waals surface area contributed by atoms with Crippen LogP contribution in [0.5, 0.6) is 0 Å².